The Morgan fingerprint density at radius 3 is 2.44 bits per heavy atom. The summed E-state index contributed by atoms with van der Waals surface area (Å²) in [5, 5.41) is 12.1. The van der Waals surface area contributed by atoms with E-state index in [0.717, 1.165) is 39.0 Å². The molecule has 1 fully saturated rings. The average molecular weight is 603 g/mol. The summed E-state index contributed by atoms with van der Waals surface area (Å²) < 4.78 is 12.4. The van der Waals surface area contributed by atoms with Gasteiger partial charge >= 0.3 is 0 Å². The van der Waals surface area contributed by atoms with Crippen LogP contribution >= 0.6 is 0 Å². The SMILES string of the molecule is C=CCN1C(=O)[C@]2(O[C@H](CCO)[C@@H](C(C)(C)c3ccc(OC)cc3)[C@@H]2C)c2cc(N3C(=O)c4cccc5cccc3c45)ccc21. The van der Waals surface area contributed by atoms with E-state index in [0.29, 0.717) is 24.2 Å². The molecule has 7 nitrogen and oxygen atoms in total. The summed E-state index contributed by atoms with van der Waals surface area (Å²) >= 11 is 0. The molecule has 2 amide bonds. The number of carbonyl (C=O) groups is 2. The third kappa shape index (κ3) is 4.03. The van der Waals surface area contributed by atoms with Gasteiger partial charge in [-0.05, 0) is 65.3 Å². The van der Waals surface area contributed by atoms with E-state index >= 15 is 0 Å². The Bertz CT molecular complexity index is 1840. The van der Waals surface area contributed by atoms with Gasteiger partial charge in [0.25, 0.3) is 11.8 Å². The van der Waals surface area contributed by atoms with E-state index < -0.39 is 17.1 Å². The highest BCUT2D eigenvalue weighted by Gasteiger charge is 2.65. The van der Waals surface area contributed by atoms with Crippen molar-refractivity contribution in [3.63, 3.8) is 0 Å². The Morgan fingerprint density at radius 2 is 1.76 bits per heavy atom. The van der Waals surface area contributed by atoms with Gasteiger partial charge in [0.05, 0.1) is 30.2 Å². The number of ether oxygens (including phenoxy) is 2. The maximum Gasteiger partial charge on any atom is 0.264 e. The summed E-state index contributed by atoms with van der Waals surface area (Å²) in [4.78, 5) is 32.0. The van der Waals surface area contributed by atoms with Crippen LogP contribution in [0.3, 0.4) is 0 Å². The largest absolute Gasteiger partial charge is 0.497 e. The first-order valence-electron chi connectivity index (χ1n) is 15.6. The zero-order valence-corrected chi connectivity index (χ0v) is 26.1. The molecule has 7 rings (SSSR count). The second kappa shape index (κ2) is 10.6. The first-order chi connectivity index (χ1) is 21.7. The molecule has 4 atom stereocenters. The predicted molar refractivity (Wildman–Crippen MR) is 176 cm³/mol. The molecule has 4 aromatic carbocycles. The molecular weight excluding hydrogens is 564 g/mol. The normalized spacial score (nSPS) is 23.8. The monoisotopic (exact) mass is 602 g/mol. The zero-order chi connectivity index (χ0) is 31.7. The zero-order valence-electron chi connectivity index (χ0n) is 26.1. The summed E-state index contributed by atoms with van der Waals surface area (Å²) in [6.45, 7) is 10.6. The van der Waals surface area contributed by atoms with Crippen LogP contribution in [-0.2, 0) is 20.5 Å². The van der Waals surface area contributed by atoms with Crippen molar-refractivity contribution in [2.75, 3.05) is 30.1 Å². The molecule has 0 radical (unpaired) electrons. The number of carbonyl (C=O) groups excluding carboxylic acids is 2. The van der Waals surface area contributed by atoms with Crippen molar-refractivity contribution < 1.29 is 24.2 Å². The number of nitrogens with zero attached hydrogens (tertiary/aromatic N) is 2. The Labute approximate surface area is 263 Å². The fourth-order valence-electron chi connectivity index (χ4n) is 8.32. The Hall–Kier alpha value is -4.46. The lowest BCUT2D eigenvalue weighted by molar-refractivity contribution is -0.146. The fourth-order valence-corrected chi connectivity index (χ4v) is 8.32. The van der Waals surface area contributed by atoms with Gasteiger partial charge in [-0.2, -0.15) is 0 Å². The molecular formula is C38H38N2O5. The topological polar surface area (TPSA) is 79.3 Å². The van der Waals surface area contributed by atoms with Crippen molar-refractivity contribution in [2.45, 2.75) is 44.3 Å². The quantitative estimate of drug-likeness (QED) is 0.223. The molecule has 3 aliphatic heterocycles. The van der Waals surface area contributed by atoms with E-state index in [1.165, 1.54) is 0 Å². The minimum atomic E-state index is -1.30. The maximum atomic E-state index is 14.7. The molecule has 0 unspecified atom stereocenters. The molecule has 3 aliphatic rings. The molecule has 0 bridgehead atoms. The lowest BCUT2D eigenvalue weighted by Crippen LogP contribution is -2.46. The van der Waals surface area contributed by atoms with Gasteiger partial charge < -0.3 is 19.5 Å². The molecule has 3 heterocycles. The van der Waals surface area contributed by atoms with Gasteiger partial charge in [-0.3, -0.25) is 14.5 Å². The molecule has 1 N–H and O–H groups in total. The van der Waals surface area contributed by atoms with E-state index in [9.17, 15) is 14.7 Å². The smallest absolute Gasteiger partial charge is 0.264 e. The van der Waals surface area contributed by atoms with Gasteiger partial charge in [-0.25, -0.2) is 0 Å². The number of amides is 2. The van der Waals surface area contributed by atoms with Crippen LogP contribution in [0.5, 0.6) is 5.75 Å². The number of methoxy groups -OCH3 is 1. The summed E-state index contributed by atoms with van der Waals surface area (Å²) in [7, 11) is 1.65. The second-order valence-electron chi connectivity index (χ2n) is 12.9. The third-order valence-electron chi connectivity index (χ3n) is 10.4. The molecule has 0 saturated carbocycles. The highest BCUT2D eigenvalue weighted by Crippen LogP contribution is 2.60. The highest BCUT2D eigenvalue weighted by molar-refractivity contribution is 6.28. The Morgan fingerprint density at radius 1 is 1.02 bits per heavy atom. The standard InChI is InChI=1S/C38H38N2O5/c1-6-20-39-30-18-15-26(40-31-12-8-10-24-9-7-11-28(33(24)31)35(40)42)22-29(30)38(36(39)43)23(2)34(32(45-38)19-21-41)37(3,4)25-13-16-27(44-5)17-14-25/h6-18,22-23,32,34,41H,1,19-21H2,2-5H3/t23-,32+,34-,38+/m0/s1. The van der Waals surface area contributed by atoms with Crippen molar-refractivity contribution in [2.24, 2.45) is 11.8 Å². The van der Waals surface area contributed by atoms with Crippen LogP contribution in [-0.4, -0.2) is 43.3 Å². The van der Waals surface area contributed by atoms with Gasteiger partial charge in [-0.1, -0.05) is 63.2 Å². The molecule has 4 aromatic rings. The van der Waals surface area contributed by atoms with Crippen LogP contribution in [0.4, 0.5) is 17.1 Å². The van der Waals surface area contributed by atoms with Crippen molar-refractivity contribution in [3.8, 4) is 5.75 Å². The van der Waals surface area contributed by atoms with E-state index in [-0.39, 0.29) is 30.3 Å². The van der Waals surface area contributed by atoms with Gasteiger partial charge in [0.1, 0.15) is 5.75 Å². The molecule has 230 valence electrons. The van der Waals surface area contributed by atoms with Gasteiger partial charge in [0.2, 0.25) is 0 Å². The summed E-state index contributed by atoms with van der Waals surface area (Å²) in [6.07, 6.45) is 1.72. The number of hydrogen-bond donors (Lipinski definition) is 1. The van der Waals surface area contributed by atoms with Gasteiger partial charge in [-0.15, -0.1) is 6.58 Å². The van der Waals surface area contributed by atoms with Crippen LogP contribution in [0.1, 0.15) is 48.7 Å². The number of aliphatic hydroxyl groups is 1. The van der Waals surface area contributed by atoms with Crippen LogP contribution < -0.4 is 14.5 Å². The second-order valence-corrected chi connectivity index (χ2v) is 12.9. The minimum absolute atomic E-state index is 0.0648. The van der Waals surface area contributed by atoms with E-state index in [4.69, 9.17) is 9.47 Å². The van der Waals surface area contributed by atoms with Crippen molar-refractivity contribution in [3.05, 3.63) is 108 Å². The summed E-state index contributed by atoms with van der Waals surface area (Å²) in [6, 6.07) is 25.6. The third-order valence-corrected chi connectivity index (χ3v) is 10.4. The van der Waals surface area contributed by atoms with Crippen molar-refractivity contribution in [1.29, 1.82) is 0 Å². The maximum absolute atomic E-state index is 14.7. The molecule has 1 saturated heterocycles. The lowest BCUT2D eigenvalue weighted by Gasteiger charge is -2.38. The van der Waals surface area contributed by atoms with Crippen LogP contribution in [0, 0.1) is 11.8 Å². The average Bonchev–Trinajstić information content (AvgIpc) is 3.60. The van der Waals surface area contributed by atoms with E-state index in [1.807, 2.05) is 66.7 Å². The molecule has 0 aliphatic carbocycles. The predicted octanol–water partition coefficient (Wildman–Crippen LogP) is 6.88. The fraction of sp³-hybridized carbons (Fsp3) is 0.316. The van der Waals surface area contributed by atoms with Crippen LogP contribution in [0.25, 0.3) is 10.8 Å². The van der Waals surface area contributed by atoms with Crippen molar-refractivity contribution >= 4 is 39.6 Å². The first-order valence-corrected chi connectivity index (χ1v) is 15.6. The van der Waals surface area contributed by atoms with Gasteiger partial charge in [0.15, 0.2) is 5.60 Å². The molecule has 45 heavy (non-hydrogen) atoms. The highest BCUT2D eigenvalue weighted by atomic mass is 16.5. The van der Waals surface area contributed by atoms with E-state index in [2.05, 4.69) is 39.5 Å². The number of anilines is 3. The summed E-state index contributed by atoms with van der Waals surface area (Å²) in [5.74, 6) is 0.151. The van der Waals surface area contributed by atoms with E-state index in [1.54, 1.807) is 23.0 Å². The number of fused-ring (bicyclic) bond motifs is 2. The van der Waals surface area contributed by atoms with Crippen LogP contribution in [0.2, 0.25) is 0 Å². The van der Waals surface area contributed by atoms with Crippen molar-refractivity contribution in [1.82, 2.24) is 0 Å². The van der Waals surface area contributed by atoms with Crippen LogP contribution in [0.15, 0.2) is 91.5 Å². The Balaban J connectivity index is 1.38. The Kier molecular flexibility index (Phi) is 6.87. The number of benzene rings is 4. The number of rotatable bonds is 8. The number of hydrogen-bond acceptors (Lipinski definition) is 5. The molecule has 7 heteroatoms. The van der Waals surface area contributed by atoms with Gasteiger partial charge in [0, 0.05) is 41.6 Å². The minimum Gasteiger partial charge on any atom is -0.497 e. The summed E-state index contributed by atoms with van der Waals surface area (Å²) in [5.41, 5.74) is 3.05. The molecule has 1 spiro atoms. The molecule has 0 aromatic heterocycles. The first kappa shape index (κ1) is 29.3. The number of aliphatic hydroxyl groups excluding tert-OH is 1. The lowest BCUT2D eigenvalue weighted by atomic mass is 9.63.